The highest BCUT2D eigenvalue weighted by Crippen LogP contribution is 2.56. The van der Waals surface area contributed by atoms with Gasteiger partial charge in [0.1, 0.15) is 29.1 Å². The van der Waals surface area contributed by atoms with Gasteiger partial charge in [0.05, 0.1) is 26.7 Å². The zero-order chi connectivity index (χ0) is 20.7. The lowest BCUT2D eigenvalue weighted by Gasteiger charge is -2.29. The number of benzene rings is 2. The first kappa shape index (κ1) is 18.9. The van der Waals surface area contributed by atoms with Crippen LogP contribution in [0.15, 0.2) is 24.3 Å². The van der Waals surface area contributed by atoms with Crippen molar-refractivity contribution in [2.24, 2.45) is 0 Å². The van der Waals surface area contributed by atoms with Crippen LogP contribution in [0.1, 0.15) is 37.0 Å². The number of hydrogen-bond donors (Lipinski definition) is 0. The van der Waals surface area contributed by atoms with Crippen LogP contribution in [-0.2, 0) is 9.59 Å². The molecule has 0 saturated carbocycles. The zero-order valence-electron chi connectivity index (χ0n) is 16.4. The molecule has 2 aliphatic rings. The third-order valence-corrected chi connectivity index (χ3v) is 4.83. The summed E-state index contributed by atoms with van der Waals surface area (Å²) in [5, 5.41) is 0. The Morgan fingerprint density at radius 1 is 0.897 bits per heavy atom. The zero-order valence-corrected chi connectivity index (χ0v) is 16.4. The quantitative estimate of drug-likeness (QED) is 0.571. The molecule has 0 spiro atoms. The molecule has 2 aromatic rings. The maximum atomic E-state index is 11.6. The van der Waals surface area contributed by atoms with E-state index < -0.39 is 11.9 Å². The van der Waals surface area contributed by atoms with Crippen LogP contribution < -0.4 is 28.4 Å². The lowest BCUT2D eigenvalue weighted by atomic mass is 9.88. The second-order valence-corrected chi connectivity index (χ2v) is 6.72. The van der Waals surface area contributed by atoms with Crippen LogP contribution in [-0.4, -0.2) is 32.8 Å². The van der Waals surface area contributed by atoms with Crippen LogP contribution in [0.4, 0.5) is 0 Å². The van der Waals surface area contributed by atoms with E-state index in [1.54, 1.807) is 24.3 Å². The summed E-state index contributed by atoms with van der Waals surface area (Å²) in [7, 11) is 3.02. The number of esters is 2. The van der Waals surface area contributed by atoms with E-state index in [1.165, 1.54) is 28.1 Å². The fraction of sp³-hybridized carbons (Fsp3) is 0.333. The molecule has 4 rings (SSSR count). The molecule has 0 saturated heterocycles. The minimum atomic E-state index is -0.459. The average molecular weight is 400 g/mol. The lowest BCUT2D eigenvalue weighted by molar-refractivity contribution is -0.132. The van der Waals surface area contributed by atoms with Gasteiger partial charge in [0.25, 0.3) is 0 Å². The maximum absolute atomic E-state index is 11.6. The number of carbonyl (C=O) groups is 2. The van der Waals surface area contributed by atoms with Gasteiger partial charge in [0.2, 0.25) is 0 Å². The molecule has 0 aliphatic carbocycles. The van der Waals surface area contributed by atoms with Crippen molar-refractivity contribution < 1.29 is 38.0 Å². The van der Waals surface area contributed by atoms with E-state index in [0.717, 1.165) is 11.1 Å². The Balaban J connectivity index is 1.78. The number of methoxy groups -OCH3 is 2. The summed E-state index contributed by atoms with van der Waals surface area (Å²) in [6, 6.07) is 6.77. The van der Waals surface area contributed by atoms with Crippen LogP contribution >= 0.6 is 0 Å². The van der Waals surface area contributed by atoms with Gasteiger partial charge in [-0.05, 0) is 6.07 Å². The molecule has 2 aliphatic heterocycles. The van der Waals surface area contributed by atoms with Gasteiger partial charge in [-0.1, -0.05) is 0 Å². The molecular weight excluding hydrogens is 380 g/mol. The first-order chi connectivity index (χ1) is 13.9. The van der Waals surface area contributed by atoms with E-state index in [2.05, 4.69) is 0 Å². The predicted octanol–water partition coefficient (Wildman–Crippen LogP) is 3.16. The van der Waals surface area contributed by atoms with Crippen LogP contribution in [0.2, 0.25) is 0 Å². The minimum Gasteiger partial charge on any atom is -0.496 e. The summed E-state index contributed by atoms with van der Waals surface area (Å²) in [5.74, 6) is 1.58. The van der Waals surface area contributed by atoms with Crippen molar-refractivity contribution in [2.45, 2.75) is 25.9 Å². The number of fused-ring (bicyclic) bond motifs is 5. The van der Waals surface area contributed by atoms with Crippen molar-refractivity contribution >= 4 is 11.9 Å². The summed E-state index contributed by atoms with van der Waals surface area (Å²) in [6.07, 6.45) is -0.379. The van der Waals surface area contributed by atoms with Gasteiger partial charge >= 0.3 is 11.9 Å². The highest BCUT2D eigenvalue weighted by Gasteiger charge is 2.44. The van der Waals surface area contributed by atoms with Gasteiger partial charge in [0.15, 0.2) is 11.5 Å². The van der Waals surface area contributed by atoms with E-state index in [1.807, 2.05) is 0 Å². The highest BCUT2D eigenvalue weighted by molar-refractivity contribution is 5.72. The monoisotopic (exact) mass is 400 g/mol. The Hall–Kier alpha value is -3.42. The molecule has 8 nitrogen and oxygen atoms in total. The fourth-order valence-corrected chi connectivity index (χ4v) is 3.70. The number of rotatable bonds is 4. The summed E-state index contributed by atoms with van der Waals surface area (Å²) >= 11 is 0. The number of carbonyl (C=O) groups excluding carboxylic acids is 2. The minimum absolute atomic E-state index is 0.193. The predicted molar refractivity (Wildman–Crippen MR) is 100 cm³/mol. The van der Waals surface area contributed by atoms with Crippen molar-refractivity contribution in [3.63, 3.8) is 0 Å². The maximum Gasteiger partial charge on any atom is 0.308 e. The molecule has 2 heterocycles. The van der Waals surface area contributed by atoms with Gasteiger partial charge in [-0.15, -0.1) is 0 Å². The molecule has 0 aromatic heterocycles. The van der Waals surface area contributed by atoms with E-state index in [-0.39, 0.29) is 17.8 Å². The van der Waals surface area contributed by atoms with E-state index >= 15 is 0 Å². The third-order valence-electron chi connectivity index (χ3n) is 4.83. The summed E-state index contributed by atoms with van der Waals surface area (Å²) in [5.41, 5.74) is 1.50. The molecule has 2 atom stereocenters. The van der Waals surface area contributed by atoms with Gasteiger partial charge in [-0.25, -0.2) is 0 Å². The largest absolute Gasteiger partial charge is 0.496 e. The van der Waals surface area contributed by atoms with E-state index in [4.69, 9.17) is 28.4 Å². The molecule has 0 N–H and O–H groups in total. The molecule has 0 fully saturated rings. The molecule has 2 unspecified atom stereocenters. The van der Waals surface area contributed by atoms with Crippen molar-refractivity contribution in [3.05, 3.63) is 35.4 Å². The molecule has 8 heteroatoms. The Kier molecular flexibility index (Phi) is 4.70. The number of ether oxygens (including phenoxy) is 6. The molecule has 152 valence electrons. The summed E-state index contributed by atoms with van der Waals surface area (Å²) < 4.78 is 33.4. The Labute approximate surface area is 167 Å². The smallest absolute Gasteiger partial charge is 0.308 e. The molecule has 0 bridgehead atoms. The normalized spacial score (nSPS) is 18.3. The summed E-state index contributed by atoms with van der Waals surface area (Å²) in [6.45, 7) is 2.96. The number of hydrogen-bond acceptors (Lipinski definition) is 8. The molecule has 0 amide bonds. The summed E-state index contributed by atoms with van der Waals surface area (Å²) in [4.78, 5) is 23.0. The second kappa shape index (κ2) is 7.20. The Morgan fingerprint density at radius 2 is 1.62 bits per heavy atom. The molecule has 2 aromatic carbocycles. The standard InChI is InChI=1S/C21H20O8/c1-10(22)27-17-8-15-13(7-16(17)25-4)21-14(9-26-15)20-18(28-11(2)23)5-12(24-3)6-19(20)29-21/h5-8,14,21H,9H2,1-4H3. The first-order valence-corrected chi connectivity index (χ1v) is 9.01. The van der Waals surface area contributed by atoms with Gasteiger partial charge in [0, 0.05) is 43.2 Å². The fourth-order valence-electron chi connectivity index (χ4n) is 3.70. The van der Waals surface area contributed by atoms with Crippen LogP contribution in [0, 0.1) is 0 Å². The average Bonchev–Trinajstić information content (AvgIpc) is 3.05. The molecule has 0 radical (unpaired) electrons. The van der Waals surface area contributed by atoms with Gasteiger partial charge < -0.3 is 28.4 Å². The lowest BCUT2D eigenvalue weighted by Crippen LogP contribution is -2.24. The van der Waals surface area contributed by atoms with Crippen LogP contribution in [0.25, 0.3) is 0 Å². The van der Waals surface area contributed by atoms with Crippen LogP contribution in [0.3, 0.4) is 0 Å². The third kappa shape index (κ3) is 3.30. The SMILES string of the molecule is COc1cc(OC(C)=O)c2c(c1)OC1c3cc(OC)c(OC(C)=O)cc3OCC21. The topological polar surface area (TPSA) is 89.5 Å². The van der Waals surface area contributed by atoms with Crippen molar-refractivity contribution in [2.75, 3.05) is 20.8 Å². The second-order valence-electron chi connectivity index (χ2n) is 6.72. The van der Waals surface area contributed by atoms with Crippen molar-refractivity contribution in [3.8, 4) is 34.5 Å². The van der Waals surface area contributed by atoms with Crippen molar-refractivity contribution in [1.82, 2.24) is 0 Å². The Morgan fingerprint density at radius 3 is 2.28 bits per heavy atom. The Bertz CT molecular complexity index is 997. The molecule has 29 heavy (non-hydrogen) atoms. The van der Waals surface area contributed by atoms with Crippen molar-refractivity contribution in [1.29, 1.82) is 0 Å². The molecular formula is C21H20O8. The van der Waals surface area contributed by atoms with Gasteiger partial charge in [-0.2, -0.15) is 0 Å². The highest BCUT2D eigenvalue weighted by atomic mass is 16.6. The van der Waals surface area contributed by atoms with Gasteiger partial charge in [-0.3, -0.25) is 9.59 Å². The first-order valence-electron chi connectivity index (χ1n) is 9.01. The van der Waals surface area contributed by atoms with E-state index in [9.17, 15) is 9.59 Å². The van der Waals surface area contributed by atoms with Crippen LogP contribution in [0.5, 0.6) is 34.5 Å². The van der Waals surface area contributed by atoms with E-state index in [0.29, 0.717) is 35.4 Å².